The van der Waals surface area contributed by atoms with Gasteiger partial charge in [-0.15, -0.1) is 0 Å². The molecule has 1 aliphatic rings. The molecule has 0 spiro atoms. The lowest BCUT2D eigenvalue weighted by Crippen LogP contribution is -2.07. The molecule has 6 nitrogen and oxygen atoms in total. The third-order valence-electron chi connectivity index (χ3n) is 6.53. The third kappa shape index (κ3) is 8.02. The smallest absolute Gasteiger partial charge is 0.232 e. The summed E-state index contributed by atoms with van der Waals surface area (Å²) in [5.74, 6) is 1.43. The van der Waals surface area contributed by atoms with E-state index in [4.69, 9.17) is 14.2 Å². The molecule has 0 unspecified atom stereocenters. The van der Waals surface area contributed by atoms with Crippen molar-refractivity contribution in [2.24, 2.45) is 0 Å². The number of unbranched alkanes of at least 4 members (excludes halogenated alkanes) is 6. The van der Waals surface area contributed by atoms with E-state index in [2.05, 4.69) is 28.8 Å². The molecule has 3 aromatic rings. The standard InChI is InChI=1S/C30H39N3O3/c1-3-5-7-8-9-10-18-34-30-21-32-27(20-33-30)24-14-17-26(31-19-24)23-12-15-25(16-13-23)35-22-29-28(36-29)11-6-4-2/h12-17,19-21,28-29H,3-11,18,22H2,1-2H3/t28-,29-/m0/s1. The molecule has 4 rings (SSSR count). The Morgan fingerprint density at radius 3 is 2.14 bits per heavy atom. The highest BCUT2D eigenvalue weighted by Gasteiger charge is 2.38. The minimum absolute atomic E-state index is 0.245. The molecule has 0 saturated carbocycles. The molecular weight excluding hydrogens is 450 g/mol. The van der Waals surface area contributed by atoms with Crippen LogP contribution in [0.4, 0.5) is 0 Å². The minimum Gasteiger partial charge on any atom is -0.491 e. The van der Waals surface area contributed by atoms with Crippen LogP contribution in [-0.4, -0.2) is 40.4 Å². The van der Waals surface area contributed by atoms with Crippen molar-refractivity contribution in [3.63, 3.8) is 0 Å². The Bertz CT molecular complexity index is 1020. The summed E-state index contributed by atoms with van der Waals surface area (Å²) in [6, 6.07) is 12.1. The van der Waals surface area contributed by atoms with E-state index in [1.54, 1.807) is 12.4 Å². The summed E-state index contributed by atoms with van der Waals surface area (Å²) in [5.41, 5.74) is 3.66. The summed E-state index contributed by atoms with van der Waals surface area (Å²) in [4.78, 5) is 13.6. The van der Waals surface area contributed by atoms with Crippen LogP contribution in [0.5, 0.6) is 11.6 Å². The van der Waals surface area contributed by atoms with Gasteiger partial charge in [0.15, 0.2) is 0 Å². The SMILES string of the molecule is CCCCCCCCOc1cnc(-c2ccc(-c3ccc(OC[C@@H]4O[C@H]4CCCC)cc3)nc2)cn1. The average molecular weight is 490 g/mol. The van der Waals surface area contributed by atoms with Gasteiger partial charge in [0.25, 0.3) is 0 Å². The van der Waals surface area contributed by atoms with Crippen molar-refractivity contribution in [1.82, 2.24) is 15.0 Å². The Hall–Kier alpha value is -2.99. The first kappa shape index (κ1) is 26.1. The summed E-state index contributed by atoms with van der Waals surface area (Å²) in [5, 5.41) is 0. The first-order valence-corrected chi connectivity index (χ1v) is 13.6. The number of rotatable bonds is 16. The van der Waals surface area contributed by atoms with Gasteiger partial charge in [0.1, 0.15) is 18.5 Å². The van der Waals surface area contributed by atoms with Gasteiger partial charge in [0.2, 0.25) is 5.88 Å². The largest absolute Gasteiger partial charge is 0.491 e. The van der Waals surface area contributed by atoms with E-state index >= 15 is 0 Å². The van der Waals surface area contributed by atoms with Crippen molar-refractivity contribution in [3.05, 3.63) is 55.0 Å². The van der Waals surface area contributed by atoms with Crippen LogP contribution in [0.15, 0.2) is 55.0 Å². The number of nitrogens with zero attached hydrogens (tertiary/aromatic N) is 3. The van der Waals surface area contributed by atoms with Crippen LogP contribution < -0.4 is 9.47 Å². The minimum atomic E-state index is 0.245. The summed E-state index contributed by atoms with van der Waals surface area (Å²) >= 11 is 0. The van der Waals surface area contributed by atoms with E-state index in [1.807, 2.05) is 42.6 Å². The second-order valence-electron chi connectivity index (χ2n) is 9.48. The van der Waals surface area contributed by atoms with Crippen LogP contribution in [0.3, 0.4) is 0 Å². The second-order valence-corrected chi connectivity index (χ2v) is 9.48. The van der Waals surface area contributed by atoms with E-state index in [0.29, 0.717) is 25.2 Å². The molecule has 0 N–H and O–H groups in total. The lowest BCUT2D eigenvalue weighted by Gasteiger charge is -2.07. The highest BCUT2D eigenvalue weighted by Crippen LogP contribution is 2.29. The molecular formula is C30H39N3O3. The molecule has 2 atom stereocenters. The molecule has 1 aromatic carbocycles. The first-order chi connectivity index (χ1) is 17.8. The molecule has 1 aliphatic heterocycles. The zero-order chi connectivity index (χ0) is 25.0. The number of epoxide rings is 1. The van der Waals surface area contributed by atoms with Gasteiger partial charge in [-0.2, -0.15) is 0 Å². The first-order valence-electron chi connectivity index (χ1n) is 13.6. The van der Waals surface area contributed by atoms with E-state index in [9.17, 15) is 0 Å². The molecule has 0 radical (unpaired) electrons. The summed E-state index contributed by atoms with van der Waals surface area (Å²) in [6.07, 6.45) is 16.9. The maximum absolute atomic E-state index is 5.90. The number of ether oxygens (including phenoxy) is 3. The highest BCUT2D eigenvalue weighted by molar-refractivity contribution is 5.64. The van der Waals surface area contributed by atoms with Gasteiger partial charge >= 0.3 is 0 Å². The Balaban J connectivity index is 1.22. The average Bonchev–Trinajstić information content (AvgIpc) is 3.69. The molecule has 6 heteroatoms. The summed E-state index contributed by atoms with van der Waals surface area (Å²) in [7, 11) is 0. The Morgan fingerprint density at radius 2 is 1.42 bits per heavy atom. The van der Waals surface area contributed by atoms with E-state index in [1.165, 1.54) is 44.9 Å². The predicted molar refractivity (Wildman–Crippen MR) is 143 cm³/mol. The van der Waals surface area contributed by atoms with Crippen LogP contribution in [0.2, 0.25) is 0 Å². The van der Waals surface area contributed by atoms with Crippen LogP contribution in [0, 0.1) is 0 Å². The quantitative estimate of drug-likeness (QED) is 0.155. The second kappa shape index (κ2) is 13.9. The molecule has 0 bridgehead atoms. The molecule has 1 saturated heterocycles. The molecule has 0 amide bonds. The lowest BCUT2D eigenvalue weighted by molar-refractivity contribution is 0.259. The van der Waals surface area contributed by atoms with Gasteiger partial charge in [0, 0.05) is 17.3 Å². The topological polar surface area (TPSA) is 69.7 Å². The van der Waals surface area contributed by atoms with Gasteiger partial charge in [-0.3, -0.25) is 4.98 Å². The van der Waals surface area contributed by atoms with E-state index < -0.39 is 0 Å². The predicted octanol–water partition coefficient (Wildman–Crippen LogP) is 7.28. The maximum Gasteiger partial charge on any atom is 0.232 e. The van der Waals surface area contributed by atoms with Gasteiger partial charge in [0.05, 0.1) is 36.5 Å². The molecule has 1 fully saturated rings. The van der Waals surface area contributed by atoms with Crippen LogP contribution in [0.25, 0.3) is 22.5 Å². The molecule has 2 aromatic heterocycles. The number of pyridine rings is 1. The lowest BCUT2D eigenvalue weighted by atomic mass is 10.1. The van der Waals surface area contributed by atoms with Crippen molar-refractivity contribution in [1.29, 1.82) is 0 Å². The zero-order valence-electron chi connectivity index (χ0n) is 21.7. The Labute approximate surface area is 215 Å². The van der Waals surface area contributed by atoms with E-state index in [-0.39, 0.29) is 6.10 Å². The fraction of sp³-hybridized carbons (Fsp3) is 0.500. The third-order valence-corrected chi connectivity index (χ3v) is 6.53. The molecule has 36 heavy (non-hydrogen) atoms. The van der Waals surface area contributed by atoms with Crippen molar-refractivity contribution >= 4 is 0 Å². The number of hydrogen-bond acceptors (Lipinski definition) is 6. The fourth-order valence-electron chi connectivity index (χ4n) is 4.20. The number of benzene rings is 1. The fourth-order valence-corrected chi connectivity index (χ4v) is 4.20. The molecule has 192 valence electrons. The monoisotopic (exact) mass is 489 g/mol. The molecule has 0 aliphatic carbocycles. The van der Waals surface area contributed by atoms with Crippen molar-refractivity contribution in [2.75, 3.05) is 13.2 Å². The number of aromatic nitrogens is 3. The Kier molecular flexibility index (Phi) is 10.1. The van der Waals surface area contributed by atoms with Gasteiger partial charge < -0.3 is 14.2 Å². The van der Waals surface area contributed by atoms with Crippen LogP contribution in [0.1, 0.15) is 71.6 Å². The van der Waals surface area contributed by atoms with Gasteiger partial charge in [-0.25, -0.2) is 9.97 Å². The normalized spacial score (nSPS) is 16.6. The highest BCUT2D eigenvalue weighted by atomic mass is 16.6. The Morgan fingerprint density at radius 1 is 0.667 bits per heavy atom. The van der Waals surface area contributed by atoms with Crippen molar-refractivity contribution in [2.45, 2.75) is 83.8 Å². The van der Waals surface area contributed by atoms with Gasteiger partial charge in [-0.1, -0.05) is 58.8 Å². The summed E-state index contributed by atoms with van der Waals surface area (Å²) < 4.78 is 17.3. The van der Waals surface area contributed by atoms with Crippen molar-refractivity contribution < 1.29 is 14.2 Å². The number of hydrogen-bond donors (Lipinski definition) is 0. The van der Waals surface area contributed by atoms with Crippen molar-refractivity contribution in [3.8, 4) is 34.1 Å². The van der Waals surface area contributed by atoms with Crippen LogP contribution in [-0.2, 0) is 4.74 Å². The molecule has 3 heterocycles. The van der Waals surface area contributed by atoms with E-state index in [0.717, 1.165) is 41.1 Å². The maximum atomic E-state index is 5.90. The zero-order valence-corrected chi connectivity index (χ0v) is 21.7. The van der Waals surface area contributed by atoms with Crippen LogP contribution >= 0.6 is 0 Å². The summed E-state index contributed by atoms with van der Waals surface area (Å²) in [6.45, 7) is 5.75. The van der Waals surface area contributed by atoms with Gasteiger partial charge in [-0.05, 0) is 49.2 Å².